The molecule has 0 saturated carbocycles. The number of ether oxygens (including phenoxy) is 1. The number of nitrogens with one attached hydrogen (secondary N) is 1. The van der Waals surface area contributed by atoms with Crippen LogP contribution in [0.25, 0.3) is 0 Å². The summed E-state index contributed by atoms with van der Waals surface area (Å²) >= 11 is 3.36. The number of rotatable bonds is 6. The van der Waals surface area contributed by atoms with E-state index in [1.54, 1.807) is 12.1 Å². The van der Waals surface area contributed by atoms with E-state index < -0.39 is 5.54 Å². The zero-order chi connectivity index (χ0) is 16.2. The Balaban J connectivity index is 1.88. The molecule has 0 fully saturated rings. The van der Waals surface area contributed by atoms with Crippen LogP contribution in [0.15, 0.2) is 45.3 Å². The molecule has 1 amide bonds. The lowest BCUT2D eigenvalue weighted by Crippen LogP contribution is -2.45. The summed E-state index contributed by atoms with van der Waals surface area (Å²) in [6.45, 7) is 4.31. The van der Waals surface area contributed by atoms with E-state index in [1.165, 1.54) is 0 Å². The Hall–Kier alpha value is -1.79. The van der Waals surface area contributed by atoms with Crippen LogP contribution in [0.2, 0.25) is 0 Å². The van der Waals surface area contributed by atoms with Crippen molar-refractivity contribution < 1.29 is 13.9 Å². The van der Waals surface area contributed by atoms with Crippen molar-refractivity contribution in [3.05, 3.63) is 52.4 Å². The van der Waals surface area contributed by atoms with Gasteiger partial charge in [0.25, 0.3) is 5.91 Å². The van der Waals surface area contributed by atoms with Gasteiger partial charge in [0.05, 0.1) is 0 Å². The molecular formula is C16H19BrN2O3. The lowest BCUT2D eigenvalue weighted by atomic mass is 10.1. The van der Waals surface area contributed by atoms with Gasteiger partial charge in [-0.3, -0.25) is 4.79 Å². The molecule has 0 aliphatic heterocycles. The Labute approximate surface area is 138 Å². The van der Waals surface area contributed by atoms with Crippen LogP contribution in [0.3, 0.4) is 0 Å². The number of nitrogens with two attached hydrogens (primary N) is 1. The summed E-state index contributed by atoms with van der Waals surface area (Å²) in [6.07, 6.45) is 0. The maximum absolute atomic E-state index is 11.9. The van der Waals surface area contributed by atoms with Gasteiger partial charge in [-0.25, -0.2) is 0 Å². The van der Waals surface area contributed by atoms with Crippen molar-refractivity contribution in [2.24, 2.45) is 5.73 Å². The first-order chi connectivity index (χ1) is 10.3. The van der Waals surface area contributed by atoms with Gasteiger partial charge >= 0.3 is 0 Å². The molecule has 1 heterocycles. The number of halogens is 1. The molecule has 118 valence electrons. The highest BCUT2D eigenvalue weighted by atomic mass is 79.9. The molecule has 0 atom stereocenters. The summed E-state index contributed by atoms with van der Waals surface area (Å²) in [7, 11) is 0. The average molecular weight is 367 g/mol. The van der Waals surface area contributed by atoms with Gasteiger partial charge in [-0.2, -0.15) is 0 Å². The minimum atomic E-state index is -0.463. The summed E-state index contributed by atoms with van der Waals surface area (Å²) in [5.74, 6) is 1.28. The first-order valence-electron chi connectivity index (χ1n) is 6.88. The van der Waals surface area contributed by atoms with Crippen LogP contribution in [0.5, 0.6) is 5.75 Å². The maximum atomic E-state index is 11.9. The predicted octanol–water partition coefficient (Wildman–Crippen LogP) is 3.09. The SMILES string of the molecule is CC(C)(N)CNC(=O)c1ccc(COc2ccc(Br)cc2)o1. The first-order valence-corrected chi connectivity index (χ1v) is 7.67. The highest BCUT2D eigenvalue weighted by Crippen LogP contribution is 2.18. The van der Waals surface area contributed by atoms with E-state index in [9.17, 15) is 4.79 Å². The molecule has 0 radical (unpaired) electrons. The zero-order valence-electron chi connectivity index (χ0n) is 12.6. The number of furan rings is 1. The molecule has 0 spiro atoms. The van der Waals surface area contributed by atoms with Crippen LogP contribution in [0.1, 0.15) is 30.2 Å². The second-order valence-corrected chi connectivity index (χ2v) is 6.60. The van der Waals surface area contributed by atoms with Gasteiger partial charge in [0.1, 0.15) is 18.1 Å². The Morgan fingerprint density at radius 1 is 1.27 bits per heavy atom. The molecule has 5 nitrogen and oxygen atoms in total. The molecule has 0 aliphatic rings. The van der Waals surface area contributed by atoms with E-state index >= 15 is 0 Å². The van der Waals surface area contributed by atoms with Gasteiger partial charge in [0.15, 0.2) is 5.76 Å². The molecule has 22 heavy (non-hydrogen) atoms. The summed E-state index contributed by atoms with van der Waals surface area (Å²) in [5.41, 5.74) is 5.36. The average Bonchev–Trinajstić information content (AvgIpc) is 2.92. The summed E-state index contributed by atoms with van der Waals surface area (Å²) in [6, 6.07) is 10.8. The fraction of sp³-hybridized carbons (Fsp3) is 0.312. The third kappa shape index (κ3) is 5.20. The minimum Gasteiger partial charge on any atom is -0.486 e. The summed E-state index contributed by atoms with van der Waals surface area (Å²) in [5, 5.41) is 2.73. The van der Waals surface area contributed by atoms with Crippen molar-refractivity contribution in [1.82, 2.24) is 5.32 Å². The van der Waals surface area contributed by atoms with Crippen LogP contribution in [0, 0.1) is 0 Å². The van der Waals surface area contributed by atoms with E-state index in [2.05, 4.69) is 21.2 Å². The van der Waals surface area contributed by atoms with Crippen molar-refractivity contribution in [3.63, 3.8) is 0 Å². The number of hydrogen-bond acceptors (Lipinski definition) is 4. The molecular weight excluding hydrogens is 348 g/mol. The third-order valence-corrected chi connectivity index (χ3v) is 3.31. The van der Waals surface area contributed by atoms with E-state index in [-0.39, 0.29) is 18.3 Å². The maximum Gasteiger partial charge on any atom is 0.287 e. The molecule has 6 heteroatoms. The number of carbonyl (C=O) groups is 1. The zero-order valence-corrected chi connectivity index (χ0v) is 14.1. The highest BCUT2D eigenvalue weighted by molar-refractivity contribution is 9.10. The number of carbonyl (C=O) groups excluding carboxylic acids is 1. The standard InChI is InChI=1S/C16H19BrN2O3/c1-16(2,18)10-19-15(20)14-8-7-13(22-14)9-21-12-5-3-11(17)4-6-12/h3-8H,9-10,18H2,1-2H3,(H,19,20). The van der Waals surface area contributed by atoms with Gasteiger partial charge in [-0.05, 0) is 50.2 Å². The van der Waals surface area contributed by atoms with E-state index in [1.807, 2.05) is 38.1 Å². The van der Waals surface area contributed by atoms with Crippen molar-refractivity contribution in [2.75, 3.05) is 6.54 Å². The third-order valence-electron chi connectivity index (χ3n) is 2.78. The largest absolute Gasteiger partial charge is 0.486 e. The van der Waals surface area contributed by atoms with Crippen molar-refractivity contribution >= 4 is 21.8 Å². The van der Waals surface area contributed by atoms with E-state index in [4.69, 9.17) is 14.9 Å². The molecule has 2 aromatic rings. The molecule has 2 rings (SSSR count). The Kier molecular flexibility index (Phi) is 5.26. The van der Waals surface area contributed by atoms with Gasteiger partial charge in [-0.15, -0.1) is 0 Å². The molecule has 1 aromatic carbocycles. The number of hydrogen-bond donors (Lipinski definition) is 2. The molecule has 0 saturated heterocycles. The molecule has 3 N–H and O–H groups in total. The lowest BCUT2D eigenvalue weighted by Gasteiger charge is -2.18. The smallest absolute Gasteiger partial charge is 0.287 e. The number of amides is 1. The fourth-order valence-electron chi connectivity index (χ4n) is 1.66. The van der Waals surface area contributed by atoms with Crippen LogP contribution in [0.4, 0.5) is 0 Å². The minimum absolute atomic E-state index is 0.249. The lowest BCUT2D eigenvalue weighted by molar-refractivity contribution is 0.0914. The van der Waals surface area contributed by atoms with Gasteiger partial charge < -0.3 is 20.2 Å². The first kappa shape index (κ1) is 16.6. The summed E-state index contributed by atoms with van der Waals surface area (Å²) < 4.78 is 12.0. The van der Waals surface area contributed by atoms with Gasteiger partial charge in [0, 0.05) is 16.6 Å². The van der Waals surface area contributed by atoms with Crippen LogP contribution < -0.4 is 15.8 Å². The molecule has 0 bridgehead atoms. The van der Waals surface area contributed by atoms with Crippen molar-refractivity contribution in [2.45, 2.75) is 26.0 Å². The Bertz CT molecular complexity index is 630. The Morgan fingerprint density at radius 3 is 2.59 bits per heavy atom. The second-order valence-electron chi connectivity index (χ2n) is 5.68. The second kappa shape index (κ2) is 6.98. The molecule has 0 aliphatic carbocycles. The van der Waals surface area contributed by atoms with Gasteiger partial charge in [-0.1, -0.05) is 15.9 Å². The molecule has 1 aromatic heterocycles. The highest BCUT2D eigenvalue weighted by Gasteiger charge is 2.16. The molecule has 0 unspecified atom stereocenters. The monoisotopic (exact) mass is 366 g/mol. The number of benzene rings is 1. The normalized spacial score (nSPS) is 11.3. The van der Waals surface area contributed by atoms with Crippen molar-refractivity contribution in [1.29, 1.82) is 0 Å². The Morgan fingerprint density at radius 2 is 1.95 bits per heavy atom. The van der Waals surface area contributed by atoms with E-state index in [0.29, 0.717) is 12.3 Å². The summed E-state index contributed by atoms with van der Waals surface area (Å²) in [4.78, 5) is 11.9. The van der Waals surface area contributed by atoms with Crippen LogP contribution in [-0.4, -0.2) is 18.0 Å². The van der Waals surface area contributed by atoms with Crippen molar-refractivity contribution in [3.8, 4) is 5.75 Å². The predicted molar refractivity (Wildman–Crippen MR) is 87.8 cm³/mol. The van der Waals surface area contributed by atoms with Crippen LogP contribution >= 0.6 is 15.9 Å². The van der Waals surface area contributed by atoms with Crippen LogP contribution in [-0.2, 0) is 6.61 Å². The van der Waals surface area contributed by atoms with Gasteiger partial charge in [0.2, 0.25) is 0 Å². The topological polar surface area (TPSA) is 77.5 Å². The fourth-order valence-corrected chi connectivity index (χ4v) is 1.92. The van der Waals surface area contributed by atoms with E-state index in [0.717, 1.165) is 10.2 Å². The quantitative estimate of drug-likeness (QED) is 0.823.